The monoisotopic (exact) mass is 578 g/mol. The number of piperazine rings is 2. The topological polar surface area (TPSA) is 101 Å². The molecule has 1 aromatic heterocycles. The molecule has 5 heterocycles. The molecule has 6 rings (SSSR count). The quantitative estimate of drug-likeness (QED) is 0.551. The predicted molar refractivity (Wildman–Crippen MR) is 164 cm³/mol. The van der Waals surface area contributed by atoms with E-state index in [1.807, 2.05) is 43.9 Å². The molecule has 228 valence electrons. The first-order chi connectivity index (χ1) is 20.2. The highest BCUT2D eigenvalue weighted by Gasteiger charge is 2.36. The number of benzene rings is 1. The summed E-state index contributed by atoms with van der Waals surface area (Å²) in [4.78, 5) is 24.5. The van der Waals surface area contributed by atoms with Gasteiger partial charge >= 0.3 is 6.09 Å². The fourth-order valence-electron chi connectivity index (χ4n) is 6.74. The Morgan fingerprint density at radius 2 is 1.67 bits per heavy atom. The van der Waals surface area contributed by atoms with E-state index in [-0.39, 0.29) is 11.8 Å². The number of likely N-dealkylation sites (tertiary alicyclic amines) is 1. The van der Waals surface area contributed by atoms with Crippen LogP contribution in [0.3, 0.4) is 0 Å². The minimum atomic E-state index is -0.444. The van der Waals surface area contributed by atoms with Crippen LogP contribution in [0.15, 0.2) is 30.3 Å². The highest BCUT2D eigenvalue weighted by atomic mass is 16.6. The molecular formula is C31H46N8O3. The highest BCUT2D eigenvalue weighted by Crippen LogP contribution is 2.36. The number of fused-ring (bicyclic) bond motifs is 3. The van der Waals surface area contributed by atoms with Gasteiger partial charge in [-0.3, -0.25) is 9.80 Å². The second-order valence-corrected chi connectivity index (χ2v) is 13.1. The Bertz CT molecular complexity index is 1240. The normalized spacial score (nSPS) is 22.8. The molecule has 0 aliphatic carbocycles. The maximum Gasteiger partial charge on any atom is 0.410 e. The van der Waals surface area contributed by atoms with E-state index in [4.69, 9.17) is 4.74 Å². The molecule has 11 heteroatoms. The van der Waals surface area contributed by atoms with Gasteiger partial charge in [-0.1, -0.05) is 12.1 Å². The number of phenols is 1. The number of carbonyl (C=O) groups excluding carboxylic acids is 1. The standard InChI is InChI=1S/C31H46N8O3/c1-31(2,3)42-30(41)37-16-14-36(15-17-37)13-12-35-10-8-23(9-11-35)38-18-19-39-24(22-38)21-32-29-27(39)20-26(33-34-29)25-6-4-5-7-28(25)40/h4-7,20,23-24,40H,8-19,21-22H2,1-3H3,(H,32,34)/t24-/m0/s1. The molecule has 0 radical (unpaired) electrons. The van der Waals surface area contributed by atoms with Crippen molar-refractivity contribution in [2.24, 2.45) is 0 Å². The van der Waals surface area contributed by atoms with Crippen molar-refractivity contribution < 1.29 is 14.6 Å². The number of amides is 1. The Kier molecular flexibility index (Phi) is 8.42. The number of hydrogen-bond donors (Lipinski definition) is 2. The van der Waals surface area contributed by atoms with Crippen molar-refractivity contribution >= 4 is 17.6 Å². The molecule has 0 spiro atoms. The molecule has 42 heavy (non-hydrogen) atoms. The van der Waals surface area contributed by atoms with Crippen molar-refractivity contribution in [1.82, 2.24) is 29.8 Å². The smallest absolute Gasteiger partial charge is 0.410 e. The lowest BCUT2D eigenvalue weighted by molar-refractivity contribution is 0.0133. The van der Waals surface area contributed by atoms with Crippen LogP contribution in [0.2, 0.25) is 0 Å². The average Bonchev–Trinajstić information content (AvgIpc) is 2.99. The van der Waals surface area contributed by atoms with Crippen molar-refractivity contribution in [3.63, 3.8) is 0 Å². The summed E-state index contributed by atoms with van der Waals surface area (Å²) in [7, 11) is 0. The molecule has 1 aromatic carbocycles. The minimum Gasteiger partial charge on any atom is -0.507 e. The van der Waals surface area contributed by atoms with Crippen LogP contribution in [-0.4, -0.2) is 137 Å². The van der Waals surface area contributed by atoms with E-state index in [1.165, 1.54) is 12.8 Å². The van der Waals surface area contributed by atoms with E-state index in [1.54, 1.807) is 6.07 Å². The number of piperidine rings is 1. The van der Waals surface area contributed by atoms with Gasteiger partial charge in [0.05, 0.1) is 17.4 Å². The van der Waals surface area contributed by atoms with Crippen LogP contribution in [0.4, 0.5) is 16.3 Å². The molecule has 0 unspecified atom stereocenters. The Balaban J connectivity index is 0.953. The number of ether oxygens (including phenoxy) is 1. The second-order valence-electron chi connectivity index (χ2n) is 13.1. The van der Waals surface area contributed by atoms with Gasteiger partial charge in [0.25, 0.3) is 0 Å². The lowest BCUT2D eigenvalue weighted by atomic mass is 9.99. The maximum atomic E-state index is 12.4. The Morgan fingerprint density at radius 1 is 0.952 bits per heavy atom. The molecule has 4 aliphatic rings. The van der Waals surface area contributed by atoms with E-state index >= 15 is 0 Å². The summed E-state index contributed by atoms with van der Waals surface area (Å²) < 4.78 is 5.53. The number of phenolic OH excluding ortho intramolecular Hbond substituents is 1. The van der Waals surface area contributed by atoms with Gasteiger partial charge in [0, 0.05) is 77.1 Å². The van der Waals surface area contributed by atoms with E-state index in [2.05, 4.69) is 41.2 Å². The third-order valence-corrected chi connectivity index (χ3v) is 9.11. The average molecular weight is 579 g/mol. The SMILES string of the molecule is CC(C)(C)OC(=O)N1CCN(CCN2CCC(N3CCN4c5cc(-c6ccccc6O)nnc5NC[C@H]4C3)CC2)CC1. The lowest BCUT2D eigenvalue weighted by Crippen LogP contribution is -2.61. The van der Waals surface area contributed by atoms with Crippen LogP contribution in [-0.2, 0) is 4.74 Å². The number of aromatic hydroxyl groups is 1. The molecular weight excluding hydrogens is 532 g/mol. The van der Waals surface area contributed by atoms with Gasteiger partial charge in [-0.15, -0.1) is 10.2 Å². The Hall–Kier alpha value is -3.15. The van der Waals surface area contributed by atoms with Gasteiger partial charge < -0.3 is 29.9 Å². The van der Waals surface area contributed by atoms with Crippen molar-refractivity contribution in [3.05, 3.63) is 30.3 Å². The second kappa shape index (κ2) is 12.2. The summed E-state index contributed by atoms with van der Waals surface area (Å²) >= 11 is 0. The molecule has 0 saturated carbocycles. The number of rotatable bonds is 5. The fourth-order valence-corrected chi connectivity index (χ4v) is 6.74. The molecule has 11 nitrogen and oxygen atoms in total. The van der Waals surface area contributed by atoms with Gasteiger partial charge in [0.15, 0.2) is 5.82 Å². The number of nitrogens with one attached hydrogen (secondary N) is 1. The third kappa shape index (κ3) is 6.58. The molecule has 3 saturated heterocycles. The summed E-state index contributed by atoms with van der Waals surface area (Å²) in [6.45, 7) is 17.5. The van der Waals surface area contributed by atoms with Gasteiger partial charge in [0.2, 0.25) is 0 Å². The van der Waals surface area contributed by atoms with Crippen LogP contribution < -0.4 is 10.2 Å². The zero-order valence-corrected chi connectivity index (χ0v) is 25.3. The molecule has 2 aromatic rings. The number of anilines is 2. The predicted octanol–water partition coefficient (Wildman–Crippen LogP) is 2.78. The summed E-state index contributed by atoms with van der Waals surface area (Å²) in [6.07, 6.45) is 2.24. The Morgan fingerprint density at radius 3 is 2.38 bits per heavy atom. The Labute approximate surface area is 249 Å². The fraction of sp³-hybridized carbons (Fsp3) is 0.645. The third-order valence-electron chi connectivity index (χ3n) is 9.11. The summed E-state index contributed by atoms with van der Waals surface area (Å²) in [5, 5.41) is 22.7. The number of hydrogen-bond acceptors (Lipinski definition) is 10. The van der Waals surface area contributed by atoms with Crippen molar-refractivity contribution in [2.45, 2.75) is 51.3 Å². The molecule has 2 N–H and O–H groups in total. The van der Waals surface area contributed by atoms with E-state index in [0.717, 1.165) is 90.0 Å². The molecule has 0 bridgehead atoms. The van der Waals surface area contributed by atoms with E-state index in [0.29, 0.717) is 23.3 Å². The first-order valence-corrected chi connectivity index (χ1v) is 15.6. The van der Waals surface area contributed by atoms with Gasteiger partial charge in [0.1, 0.15) is 11.4 Å². The molecule has 1 atom stereocenters. The molecule has 4 aliphatic heterocycles. The van der Waals surface area contributed by atoms with Crippen LogP contribution >= 0.6 is 0 Å². The van der Waals surface area contributed by atoms with Crippen LogP contribution in [0.1, 0.15) is 33.6 Å². The number of aromatic nitrogens is 2. The van der Waals surface area contributed by atoms with Crippen LogP contribution in [0.25, 0.3) is 11.3 Å². The summed E-state index contributed by atoms with van der Waals surface area (Å²) in [5.74, 6) is 1.06. The maximum absolute atomic E-state index is 12.4. The number of carbonyl (C=O) groups is 1. The molecule has 3 fully saturated rings. The van der Waals surface area contributed by atoms with Crippen molar-refractivity contribution in [2.75, 3.05) is 88.8 Å². The minimum absolute atomic E-state index is 0.191. The number of nitrogens with zero attached hydrogens (tertiary/aromatic N) is 7. The molecule has 1 amide bonds. The highest BCUT2D eigenvalue weighted by molar-refractivity contribution is 5.76. The van der Waals surface area contributed by atoms with E-state index < -0.39 is 5.60 Å². The van der Waals surface area contributed by atoms with Crippen LogP contribution in [0.5, 0.6) is 5.75 Å². The first kappa shape index (κ1) is 28.9. The van der Waals surface area contributed by atoms with Crippen molar-refractivity contribution in [1.29, 1.82) is 0 Å². The van der Waals surface area contributed by atoms with Gasteiger partial charge in [-0.2, -0.15) is 0 Å². The zero-order valence-electron chi connectivity index (χ0n) is 25.3. The van der Waals surface area contributed by atoms with Gasteiger partial charge in [-0.05, 0) is 64.9 Å². The van der Waals surface area contributed by atoms with Gasteiger partial charge in [-0.25, -0.2) is 4.79 Å². The first-order valence-electron chi connectivity index (χ1n) is 15.6. The summed E-state index contributed by atoms with van der Waals surface area (Å²) in [6, 6.07) is 10.4. The largest absolute Gasteiger partial charge is 0.507 e. The summed E-state index contributed by atoms with van der Waals surface area (Å²) in [5.41, 5.74) is 2.05. The zero-order chi connectivity index (χ0) is 29.3. The number of para-hydroxylation sites is 1. The lowest BCUT2D eigenvalue weighted by Gasteiger charge is -2.49. The van der Waals surface area contributed by atoms with Crippen molar-refractivity contribution in [3.8, 4) is 17.0 Å². The van der Waals surface area contributed by atoms with E-state index in [9.17, 15) is 9.90 Å². The van der Waals surface area contributed by atoms with Crippen LogP contribution in [0, 0.1) is 0 Å².